The van der Waals surface area contributed by atoms with E-state index in [1.54, 1.807) is 0 Å². The molecule has 1 amide bonds. The number of hydrogen-bond donors (Lipinski definition) is 3. The largest absolute Gasteiger partial charge is 0.444 e. The van der Waals surface area contributed by atoms with Gasteiger partial charge in [-0.05, 0) is 52.0 Å². The number of aliphatic hydroxyl groups is 1. The van der Waals surface area contributed by atoms with Gasteiger partial charge in [0.15, 0.2) is 0 Å². The second-order valence-electron chi connectivity index (χ2n) is 7.79. The molecule has 1 saturated carbocycles. The van der Waals surface area contributed by atoms with Crippen LogP contribution in [0.3, 0.4) is 0 Å². The van der Waals surface area contributed by atoms with Gasteiger partial charge in [-0.2, -0.15) is 0 Å². The molecule has 134 valence electrons. The highest BCUT2D eigenvalue weighted by Gasteiger charge is 2.42. The topological polar surface area (TPSA) is 84.6 Å². The second-order valence-corrected chi connectivity index (χ2v) is 7.79. The molecule has 1 unspecified atom stereocenters. The molecule has 1 fully saturated rings. The van der Waals surface area contributed by atoms with Crippen molar-refractivity contribution in [2.75, 3.05) is 6.54 Å². The fourth-order valence-electron chi connectivity index (χ4n) is 3.45. The Morgan fingerprint density at radius 3 is 2.42 bits per heavy atom. The zero-order chi connectivity index (χ0) is 17.8. The summed E-state index contributed by atoms with van der Waals surface area (Å²) in [6, 6.07) is 9.65. The van der Waals surface area contributed by atoms with Crippen molar-refractivity contribution in [1.82, 2.24) is 5.32 Å². The average Bonchev–Trinajstić information content (AvgIpc) is 2.53. The summed E-state index contributed by atoms with van der Waals surface area (Å²) in [5.41, 5.74) is 6.35. The van der Waals surface area contributed by atoms with Crippen LogP contribution in [0.5, 0.6) is 0 Å². The summed E-state index contributed by atoms with van der Waals surface area (Å²) in [6.07, 6.45) is 2.26. The van der Waals surface area contributed by atoms with Crippen LogP contribution >= 0.6 is 0 Å². The quantitative estimate of drug-likeness (QED) is 0.790. The van der Waals surface area contributed by atoms with Crippen molar-refractivity contribution in [3.63, 3.8) is 0 Å². The van der Waals surface area contributed by atoms with E-state index in [1.165, 1.54) is 0 Å². The molecular weight excluding hydrogens is 304 g/mol. The number of amides is 1. The number of aliphatic hydroxyl groups excluding tert-OH is 1. The summed E-state index contributed by atoms with van der Waals surface area (Å²) in [7, 11) is 0. The molecule has 2 rings (SSSR count). The molecule has 0 bridgehead atoms. The molecule has 0 radical (unpaired) electrons. The molecule has 0 aromatic heterocycles. The summed E-state index contributed by atoms with van der Waals surface area (Å²) >= 11 is 0. The van der Waals surface area contributed by atoms with E-state index in [0.29, 0.717) is 19.4 Å². The Hall–Kier alpha value is -1.59. The maximum atomic E-state index is 12.4. The van der Waals surface area contributed by atoms with Crippen molar-refractivity contribution in [3.05, 3.63) is 35.9 Å². The Kier molecular flexibility index (Phi) is 5.88. The van der Waals surface area contributed by atoms with E-state index >= 15 is 0 Å². The number of hydrogen-bond acceptors (Lipinski definition) is 4. The fraction of sp³-hybridized carbons (Fsp3) is 0.632. The van der Waals surface area contributed by atoms with Gasteiger partial charge in [-0.3, -0.25) is 0 Å². The molecule has 24 heavy (non-hydrogen) atoms. The second kappa shape index (κ2) is 7.53. The number of benzene rings is 1. The number of alkyl carbamates (subject to hydrolysis) is 1. The molecule has 1 aromatic carbocycles. The Bertz CT molecular complexity index is 531. The minimum absolute atomic E-state index is 0.231. The highest BCUT2D eigenvalue weighted by Crippen LogP contribution is 2.45. The van der Waals surface area contributed by atoms with E-state index in [4.69, 9.17) is 10.5 Å². The van der Waals surface area contributed by atoms with Gasteiger partial charge in [-0.15, -0.1) is 0 Å². The first kappa shape index (κ1) is 18.7. The zero-order valence-corrected chi connectivity index (χ0v) is 14.9. The Balaban J connectivity index is 2.27. The maximum Gasteiger partial charge on any atom is 0.408 e. The van der Waals surface area contributed by atoms with E-state index < -0.39 is 11.7 Å². The molecule has 1 atom stereocenters. The molecule has 4 N–H and O–H groups in total. The van der Waals surface area contributed by atoms with Crippen LogP contribution in [0, 0.1) is 5.41 Å². The SMILES string of the molecule is CC(C)(C)OC(=O)NC(c1ccccc1)C1(CN)CCC(O)CC1. The number of carbonyl (C=O) groups excluding carboxylic acids is 1. The van der Waals surface area contributed by atoms with Crippen LogP contribution in [0.4, 0.5) is 4.79 Å². The first-order chi connectivity index (χ1) is 11.3. The third kappa shape index (κ3) is 4.71. The van der Waals surface area contributed by atoms with E-state index in [0.717, 1.165) is 18.4 Å². The lowest BCUT2D eigenvalue weighted by Crippen LogP contribution is -2.49. The van der Waals surface area contributed by atoms with Gasteiger partial charge >= 0.3 is 6.09 Å². The smallest absolute Gasteiger partial charge is 0.408 e. The van der Waals surface area contributed by atoms with E-state index in [1.807, 2.05) is 51.1 Å². The van der Waals surface area contributed by atoms with Crippen molar-refractivity contribution >= 4 is 6.09 Å². The predicted molar refractivity (Wildman–Crippen MR) is 94.5 cm³/mol. The first-order valence-corrected chi connectivity index (χ1v) is 8.68. The summed E-state index contributed by atoms with van der Waals surface area (Å²) in [6.45, 7) is 5.99. The molecule has 0 heterocycles. The van der Waals surface area contributed by atoms with Crippen LogP contribution in [-0.2, 0) is 4.74 Å². The van der Waals surface area contributed by atoms with E-state index in [-0.39, 0.29) is 17.6 Å². The summed E-state index contributed by atoms with van der Waals surface area (Å²) < 4.78 is 5.45. The van der Waals surface area contributed by atoms with Crippen LogP contribution < -0.4 is 11.1 Å². The normalized spacial score (nSPS) is 25.8. The fourth-order valence-corrected chi connectivity index (χ4v) is 3.45. The lowest BCUT2D eigenvalue weighted by Gasteiger charge is -2.44. The van der Waals surface area contributed by atoms with Gasteiger partial charge < -0.3 is 20.9 Å². The molecule has 0 aliphatic heterocycles. The third-order valence-corrected chi connectivity index (χ3v) is 4.76. The standard InChI is InChI=1S/C19H30N2O3/c1-18(2,3)24-17(23)21-16(14-7-5-4-6-8-14)19(13-20)11-9-15(22)10-12-19/h4-8,15-16,22H,9-13,20H2,1-3H3,(H,21,23). The van der Waals surface area contributed by atoms with Crippen LogP contribution in [-0.4, -0.2) is 29.4 Å². The summed E-state index contributed by atoms with van der Waals surface area (Å²) in [4.78, 5) is 12.4. The summed E-state index contributed by atoms with van der Waals surface area (Å²) in [5.74, 6) is 0. The van der Waals surface area contributed by atoms with Gasteiger partial charge in [0.05, 0.1) is 12.1 Å². The Morgan fingerprint density at radius 1 is 1.33 bits per heavy atom. The molecule has 1 aliphatic carbocycles. The van der Waals surface area contributed by atoms with Gasteiger partial charge in [0.1, 0.15) is 5.60 Å². The highest BCUT2D eigenvalue weighted by atomic mass is 16.6. The molecule has 5 nitrogen and oxygen atoms in total. The van der Waals surface area contributed by atoms with E-state index in [2.05, 4.69) is 5.32 Å². The minimum atomic E-state index is -0.552. The lowest BCUT2D eigenvalue weighted by atomic mass is 9.66. The highest BCUT2D eigenvalue weighted by molar-refractivity contribution is 5.68. The molecule has 0 spiro atoms. The molecule has 0 saturated heterocycles. The van der Waals surface area contributed by atoms with Gasteiger partial charge in [-0.25, -0.2) is 4.79 Å². The number of nitrogens with one attached hydrogen (secondary N) is 1. The van der Waals surface area contributed by atoms with Gasteiger partial charge in [0, 0.05) is 12.0 Å². The van der Waals surface area contributed by atoms with Gasteiger partial charge in [0.2, 0.25) is 0 Å². The zero-order valence-electron chi connectivity index (χ0n) is 14.9. The van der Waals surface area contributed by atoms with Crippen molar-refractivity contribution in [3.8, 4) is 0 Å². The third-order valence-electron chi connectivity index (χ3n) is 4.76. The van der Waals surface area contributed by atoms with Crippen LogP contribution in [0.25, 0.3) is 0 Å². The minimum Gasteiger partial charge on any atom is -0.444 e. The Morgan fingerprint density at radius 2 is 1.92 bits per heavy atom. The predicted octanol–water partition coefficient (Wildman–Crippen LogP) is 3.13. The monoisotopic (exact) mass is 334 g/mol. The Labute approximate surface area is 144 Å². The number of rotatable bonds is 4. The van der Waals surface area contributed by atoms with Crippen LogP contribution in [0.2, 0.25) is 0 Å². The van der Waals surface area contributed by atoms with Crippen molar-refractivity contribution < 1.29 is 14.6 Å². The van der Waals surface area contributed by atoms with E-state index in [9.17, 15) is 9.90 Å². The van der Waals surface area contributed by atoms with Crippen LogP contribution in [0.15, 0.2) is 30.3 Å². The van der Waals surface area contributed by atoms with Crippen molar-refractivity contribution in [2.24, 2.45) is 11.1 Å². The number of ether oxygens (including phenoxy) is 1. The number of carbonyl (C=O) groups is 1. The van der Waals surface area contributed by atoms with Crippen LogP contribution in [0.1, 0.15) is 58.1 Å². The first-order valence-electron chi connectivity index (χ1n) is 8.68. The van der Waals surface area contributed by atoms with Crippen molar-refractivity contribution in [1.29, 1.82) is 0 Å². The number of nitrogens with two attached hydrogens (primary N) is 1. The summed E-state index contributed by atoms with van der Waals surface area (Å²) in [5, 5.41) is 12.9. The lowest BCUT2D eigenvalue weighted by molar-refractivity contribution is 0.0247. The molecular formula is C19H30N2O3. The molecule has 1 aliphatic rings. The van der Waals surface area contributed by atoms with Gasteiger partial charge in [0.25, 0.3) is 0 Å². The molecule has 5 heteroatoms. The van der Waals surface area contributed by atoms with Crippen molar-refractivity contribution in [2.45, 2.75) is 64.2 Å². The van der Waals surface area contributed by atoms with Gasteiger partial charge in [-0.1, -0.05) is 30.3 Å². The average molecular weight is 334 g/mol. The molecule has 1 aromatic rings. The maximum absolute atomic E-state index is 12.4.